The lowest BCUT2D eigenvalue weighted by Crippen LogP contribution is -2.14. The number of rotatable bonds is 5. The second-order valence-electron chi connectivity index (χ2n) is 8.36. The van der Waals surface area contributed by atoms with Crippen LogP contribution in [-0.2, 0) is 0 Å². The van der Waals surface area contributed by atoms with Gasteiger partial charge in [-0.1, -0.05) is 30.4 Å². The minimum Gasteiger partial charge on any atom is -0.204 e. The Kier molecular flexibility index (Phi) is 7.75. The van der Waals surface area contributed by atoms with Crippen LogP contribution in [0.15, 0.2) is 54.4 Å². The Morgan fingerprint density at radius 1 is 0.828 bits per heavy atom. The molecule has 0 bridgehead atoms. The molecule has 0 radical (unpaired) electrons. The van der Waals surface area contributed by atoms with Crippen molar-refractivity contribution in [3.63, 3.8) is 0 Å². The molecule has 1 nitrogen and oxygen atoms in total. The smallest absolute Gasteiger partial charge is 0.199 e. The van der Waals surface area contributed by atoms with Crippen molar-refractivity contribution in [1.29, 1.82) is 5.26 Å². The maximum Gasteiger partial charge on any atom is 0.199 e. The fourth-order valence-corrected chi connectivity index (χ4v) is 4.59. The molecule has 0 spiro atoms. The molecule has 3 rings (SSSR count). The molecule has 0 N–H and O–H groups in total. The van der Waals surface area contributed by atoms with Gasteiger partial charge in [0.15, 0.2) is 17.5 Å². The first-order chi connectivity index (χ1) is 14.0. The summed E-state index contributed by atoms with van der Waals surface area (Å²) in [6.07, 6.45) is 18.3. The van der Waals surface area contributed by atoms with Gasteiger partial charge >= 0.3 is 0 Å². The predicted octanol–water partition coefficient (Wildman–Crippen LogP) is 7.53. The Hall–Kier alpha value is -2.28. The van der Waals surface area contributed by atoms with Crippen molar-refractivity contribution in [3.8, 4) is 6.07 Å². The Labute approximate surface area is 171 Å². The van der Waals surface area contributed by atoms with E-state index < -0.39 is 17.5 Å². The van der Waals surface area contributed by atoms with Crippen LogP contribution < -0.4 is 0 Å². The normalized spacial score (nSPS) is 28.7. The van der Waals surface area contributed by atoms with Crippen LogP contribution in [0, 0.1) is 40.7 Å². The van der Waals surface area contributed by atoms with Gasteiger partial charge in [0.1, 0.15) is 6.07 Å². The van der Waals surface area contributed by atoms with E-state index >= 15 is 0 Å². The second kappa shape index (κ2) is 10.5. The van der Waals surface area contributed by atoms with Crippen LogP contribution in [0.4, 0.5) is 13.2 Å². The number of halogens is 3. The highest BCUT2D eigenvalue weighted by Crippen LogP contribution is 2.37. The topological polar surface area (TPSA) is 23.8 Å². The van der Waals surface area contributed by atoms with Gasteiger partial charge in [-0.2, -0.15) is 9.65 Å². The van der Waals surface area contributed by atoms with Crippen molar-refractivity contribution in [2.24, 2.45) is 17.8 Å². The van der Waals surface area contributed by atoms with E-state index in [4.69, 9.17) is 5.26 Å². The van der Waals surface area contributed by atoms with E-state index in [0.29, 0.717) is 23.7 Å². The first kappa shape index (κ1) is 21.4. The van der Waals surface area contributed by atoms with Crippen LogP contribution in [0.2, 0.25) is 0 Å². The molecule has 0 amide bonds. The monoisotopic (exact) mass is 399 g/mol. The third kappa shape index (κ3) is 6.35. The number of benzene rings is 1. The minimum absolute atomic E-state index is 0.330. The summed E-state index contributed by atoms with van der Waals surface area (Å²) in [6.45, 7) is 0. The first-order valence-corrected chi connectivity index (χ1v) is 10.6. The lowest BCUT2D eigenvalue weighted by molar-refractivity contribution is 0.348. The Bertz CT molecular complexity index is 802. The number of hydrogen-bond donors (Lipinski definition) is 0. The number of hydrogen-bond acceptors (Lipinski definition) is 1. The molecule has 0 aromatic heterocycles. The van der Waals surface area contributed by atoms with Crippen molar-refractivity contribution in [1.82, 2.24) is 0 Å². The largest absolute Gasteiger partial charge is 0.204 e. The SMILES string of the molecule is N#CC(F)=CC=CC1CCC(C=CC2CCC(c3ccc(F)c(F)c3)CC2)CC1. The molecule has 0 atom stereocenters. The van der Waals surface area contributed by atoms with E-state index in [1.54, 1.807) is 12.1 Å². The molecule has 4 heteroatoms. The summed E-state index contributed by atoms with van der Waals surface area (Å²) in [4.78, 5) is 0. The summed E-state index contributed by atoms with van der Waals surface area (Å²) in [5.41, 5.74) is 0.919. The fraction of sp³-hybridized carbons (Fsp3) is 0.480. The van der Waals surface area contributed by atoms with Crippen LogP contribution in [0.5, 0.6) is 0 Å². The fourth-order valence-electron chi connectivity index (χ4n) is 4.59. The molecule has 2 fully saturated rings. The molecule has 154 valence electrons. The minimum atomic E-state index is -0.777. The van der Waals surface area contributed by atoms with Crippen LogP contribution >= 0.6 is 0 Å². The summed E-state index contributed by atoms with van der Waals surface area (Å²) in [5, 5.41) is 8.40. The number of nitriles is 1. The van der Waals surface area contributed by atoms with E-state index in [-0.39, 0.29) is 0 Å². The van der Waals surface area contributed by atoms with Crippen LogP contribution in [0.25, 0.3) is 0 Å². The van der Waals surface area contributed by atoms with Gasteiger partial charge < -0.3 is 0 Å². The average Bonchev–Trinajstić information content (AvgIpc) is 2.75. The standard InChI is InChI=1S/C25H28F3N/c26-23(17-29)3-1-2-18-4-6-19(7-5-18)8-9-20-10-12-21(13-11-20)22-14-15-24(27)25(28)16-22/h1-3,8-9,14-16,18-21H,4-7,10-13H2. The van der Waals surface area contributed by atoms with Crippen molar-refractivity contribution in [3.05, 3.63) is 71.6 Å². The van der Waals surface area contributed by atoms with Gasteiger partial charge in [-0.3, -0.25) is 0 Å². The van der Waals surface area contributed by atoms with Gasteiger partial charge in [0, 0.05) is 0 Å². The zero-order valence-electron chi connectivity index (χ0n) is 16.7. The van der Waals surface area contributed by atoms with E-state index in [2.05, 4.69) is 12.2 Å². The molecular formula is C25H28F3N. The second-order valence-corrected chi connectivity index (χ2v) is 8.36. The predicted molar refractivity (Wildman–Crippen MR) is 110 cm³/mol. The zero-order valence-corrected chi connectivity index (χ0v) is 16.7. The highest BCUT2D eigenvalue weighted by Gasteiger charge is 2.23. The molecule has 2 saturated carbocycles. The summed E-state index contributed by atoms with van der Waals surface area (Å²) in [7, 11) is 0. The summed E-state index contributed by atoms with van der Waals surface area (Å²) in [6, 6.07) is 5.78. The van der Waals surface area contributed by atoms with Gasteiger partial charge in [0.05, 0.1) is 0 Å². The third-order valence-electron chi connectivity index (χ3n) is 6.39. The van der Waals surface area contributed by atoms with E-state index in [0.717, 1.165) is 56.9 Å². The highest BCUT2D eigenvalue weighted by molar-refractivity contribution is 5.22. The van der Waals surface area contributed by atoms with Crippen molar-refractivity contribution < 1.29 is 13.2 Å². The van der Waals surface area contributed by atoms with Crippen molar-refractivity contribution in [2.45, 2.75) is 57.3 Å². The van der Waals surface area contributed by atoms with Crippen molar-refractivity contribution in [2.75, 3.05) is 0 Å². The Morgan fingerprint density at radius 2 is 1.38 bits per heavy atom. The van der Waals surface area contributed by atoms with E-state index in [1.807, 2.05) is 6.08 Å². The molecule has 1 aromatic rings. The maximum absolute atomic E-state index is 13.5. The molecule has 2 aliphatic carbocycles. The van der Waals surface area contributed by atoms with E-state index in [1.165, 1.54) is 24.3 Å². The van der Waals surface area contributed by atoms with Crippen LogP contribution in [-0.4, -0.2) is 0 Å². The number of nitrogens with zero attached hydrogens (tertiary/aromatic N) is 1. The van der Waals surface area contributed by atoms with Gasteiger partial charge in [0.25, 0.3) is 0 Å². The van der Waals surface area contributed by atoms with Crippen LogP contribution in [0.1, 0.15) is 62.8 Å². The molecule has 29 heavy (non-hydrogen) atoms. The summed E-state index contributed by atoms with van der Waals surface area (Å²) < 4.78 is 39.4. The molecule has 1 aromatic carbocycles. The molecule has 0 saturated heterocycles. The third-order valence-corrected chi connectivity index (χ3v) is 6.39. The molecular weight excluding hydrogens is 371 g/mol. The summed E-state index contributed by atoms with van der Waals surface area (Å²) >= 11 is 0. The van der Waals surface area contributed by atoms with Gasteiger partial charge in [0.2, 0.25) is 0 Å². The lowest BCUT2D eigenvalue weighted by atomic mass is 9.77. The molecule has 0 heterocycles. The van der Waals surface area contributed by atoms with E-state index in [9.17, 15) is 13.2 Å². The molecule has 2 aliphatic rings. The van der Waals surface area contributed by atoms with Gasteiger partial charge in [-0.15, -0.1) is 0 Å². The quantitative estimate of drug-likeness (QED) is 0.285. The highest BCUT2D eigenvalue weighted by atomic mass is 19.2. The Morgan fingerprint density at radius 3 is 1.93 bits per heavy atom. The summed E-state index contributed by atoms with van der Waals surface area (Å²) in [5.74, 6) is -0.297. The average molecular weight is 400 g/mol. The van der Waals surface area contributed by atoms with Crippen LogP contribution in [0.3, 0.4) is 0 Å². The maximum atomic E-state index is 13.5. The number of allylic oxidation sites excluding steroid dienone is 6. The molecule has 0 aliphatic heterocycles. The zero-order chi connectivity index (χ0) is 20.6. The Balaban J connectivity index is 1.41. The van der Waals surface area contributed by atoms with Gasteiger partial charge in [-0.25, -0.2) is 8.78 Å². The molecule has 0 unspecified atom stereocenters. The first-order valence-electron chi connectivity index (χ1n) is 10.6. The van der Waals surface area contributed by atoms with Crippen molar-refractivity contribution >= 4 is 0 Å². The lowest BCUT2D eigenvalue weighted by Gasteiger charge is -2.28. The van der Waals surface area contributed by atoms with Gasteiger partial charge in [-0.05, 0) is 98.8 Å².